The zero-order valence-electron chi connectivity index (χ0n) is 16.2. The van der Waals surface area contributed by atoms with Crippen molar-refractivity contribution in [2.45, 2.75) is 96.5 Å². The highest BCUT2D eigenvalue weighted by Gasteiger charge is 2.63. The third-order valence-electron chi connectivity index (χ3n) is 8.86. The van der Waals surface area contributed by atoms with E-state index in [0.29, 0.717) is 11.7 Å². The Hall–Kier alpha value is -0.630. The van der Waals surface area contributed by atoms with Gasteiger partial charge in [0.1, 0.15) is 0 Å². The van der Waals surface area contributed by atoms with E-state index in [1.54, 1.807) is 0 Å². The molecule has 25 heavy (non-hydrogen) atoms. The number of hydrogen-bond acceptors (Lipinski definition) is 2. The van der Waals surface area contributed by atoms with Crippen molar-refractivity contribution in [2.75, 3.05) is 0 Å². The van der Waals surface area contributed by atoms with Crippen LogP contribution in [0.25, 0.3) is 0 Å². The Morgan fingerprint density at radius 1 is 1.08 bits per heavy atom. The molecule has 0 spiro atoms. The molecule has 4 rings (SSSR count). The lowest BCUT2D eigenvalue weighted by atomic mass is 9.49. The number of allylic oxidation sites excluding steroid dienone is 1. The van der Waals surface area contributed by atoms with Crippen LogP contribution in [0.15, 0.2) is 11.6 Å². The smallest absolute Gasteiger partial charge is 0.155 e. The molecule has 1 N–H and O–H groups in total. The molecule has 0 aromatic heterocycles. The lowest BCUT2D eigenvalue weighted by Crippen LogP contribution is -2.54. The molecule has 0 heterocycles. The van der Waals surface area contributed by atoms with Gasteiger partial charge in [0.2, 0.25) is 0 Å². The Labute approximate surface area is 153 Å². The summed E-state index contributed by atoms with van der Waals surface area (Å²) in [4.78, 5) is 11.8. The highest BCUT2D eigenvalue weighted by Crippen LogP contribution is 2.67. The van der Waals surface area contributed by atoms with Gasteiger partial charge >= 0.3 is 0 Å². The molecule has 4 aliphatic rings. The fraction of sp³-hybridized carbons (Fsp3) is 0.870. The van der Waals surface area contributed by atoms with E-state index in [9.17, 15) is 9.90 Å². The zero-order chi connectivity index (χ0) is 17.7. The Bertz CT molecular complexity index is 564. The Morgan fingerprint density at radius 3 is 2.68 bits per heavy atom. The van der Waals surface area contributed by atoms with Crippen molar-refractivity contribution in [3.05, 3.63) is 11.6 Å². The number of hydrogen-bond donors (Lipinski definition) is 1. The molecule has 0 unspecified atom stereocenters. The molecule has 0 radical (unpaired) electrons. The summed E-state index contributed by atoms with van der Waals surface area (Å²) >= 11 is 0. The average molecular weight is 345 g/mol. The minimum absolute atomic E-state index is 0.185. The second-order valence-corrected chi connectivity index (χ2v) is 9.53. The van der Waals surface area contributed by atoms with Crippen molar-refractivity contribution in [3.8, 4) is 0 Å². The van der Waals surface area contributed by atoms with E-state index < -0.39 is 5.60 Å². The first-order chi connectivity index (χ1) is 12.0. The third kappa shape index (κ3) is 2.58. The van der Waals surface area contributed by atoms with E-state index >= 15 is 0 Å². The van der Waals surface area contributed by atoms with E-state index in [1.165, 1.54) is 50.5 Å². The molecule has 6 atom stereocenters. The van der Waals surface area contributed by atoms with E-state index in [-0.39, 0.29) is 5.41 Å². The molecular formula is C23H36O2. The van der Waals surface area contributed by atoms with Gasteiger partial charge in [-0.2, -0.15) is 0 Å². The molecule has 0 saturated heterocycles. The van der Waals surface area contributed by atoms with Crippen molar-refractivity contribution in [2.24, 2.45) is 29.1 Å². The van der Waals surface area contributed by atoms with Crippen LogP contribution >= 0.6 is 0 Å². The van der Waals surface area contributed by atoms with Crippen molar-refractivity contribution >= 4 is 5.78 Å². The highest BCUT2D eigenvalue weighted by molar-refractivity contribution is 5.91. The predicted octanol–water partition coefficient (Wildman–Crippen LogP) is 5.44. The van der Waals surface area contributed by atoms with E-state index in [4.69, 9.17) is 0 Å². The lowest BCUT2D eigenvalue weighted by molar-refractivity contribution is -0.135. The van der Waals surface area contributed by atoms with Crippen molar-refractivity contribution < 1.29 is 9.90 Å². The standard InChI is InChI=1S/C23H36O2/c1-3-5-12-22-13-10-19-18-9-7-17(24)15-16(18)6-8-20(19)21(22)11-14-23(22,25)4-2/h15,18-21,25H,3-14H2,1-2H3/t18-,19+,20+,21-,22-,23-/m0/s1. The minimum Gasteiger partial charge on any atom is -0.389 e. The highest BCUT2D eigenvalue weighted by atomic mass is 16.3. The van der Waals surface area contributed by atoms with Crippen LogP contribution < -0.4 is 0 Å². The Morgan fingerprint density at radius 2 is 1.92 bits per heavy atom. The minimum atomic E-state index is -0.420. The summed E-state index contributed by atoms with van der Waals surface area (Å²) in [5.74, 6) is 3.34. The molecule has 4 aliphatic carbocycles. The van der Waals surface area contributed by atoms with Gasteiger partial charge in [-0.25, -0.2) is 0 Å². The molecule has 2 heteroatoms. The lowest BCUT2D eigenvalue weighted by Gasteiger charge is -2.57. The molecule has 2 nitrogen and oxygen atoms in total. The number of ketones is 1. The maximum absolute atomic E-state index is 11.8. The summed E-state index contributed by atoms with van der Waals surface area (Å²) in [5.41, 5.74) is 1.24. The first-order valence-electron chi connectivity index (χ1n) is 11.0. The molecule has 0 aromatic rings. The van der Waals surface area contributed by atoms with E-state index in [2.05, 4.69) is 13.8 Å². The fourth-order valence-electron chi connectivity index (χ4n) is 7.67. The van der Waals surface area contributed by atoms with Crippen LogP contribution in [-0.2, 0) is 4.79 Å². The SMILES string of the molecule is CCCC[C@]12CC[C@H]3[C@@H](CCC4=CC(=O)CC[C@@H]43)[C@@H]1CC[C@@]2(O)CC. The van der Waals surface area contributed by atoms with E-state index in [1.807, 2.05) is 6.08 Å². The third-order valence-corrected chi connectivity index (χ3v) is 8.86. The number of carbonyl (C=O) groups excluding carboxylic acids is 1. The molecule has 0 bridgehead atoms. The molecule has 3 fully saturated rings. The van der Waals surface area contributed by atoms with Crippen molar-refractivity contribution in [1.82, 2.24) is 0 Å². The molecule has 0 aromatic carbocycles. The summed E-state index contributed by atoms with van der Waals surface area (Å²) in [5, 5.41) is 11.6. The number of rotatable bonds is 4. The maximum Gasteiger partial charge on any atom is 0.155 e. The fourth-order valence-corrected chi connectivity index (χ4v) is 7.67. The van der Waals surface area contributed by atoms with Crippen molar-refractivity contribution in [1.29, 1.82) is 0 Å². The quantitative estimate of drug-likeness (QED) is 0.737. The van der Waals surface area contributed by atoms with Crippen molar-refractivity contribution in [3.63, 3.8) is 0 Å². The second kappa shape index (κ2) is 6.51. The van der Waals surface area contributed by atoms with Gasteiger partial charge in [0.05, 0.1) is 5.60 Å². The Balaban J connectivity index is 1.64. The normalized spacial score (nSPS) is 46.2. The predicted molar refractivity (Wildman–Crippen MR) is 101 cm³/mol. The maximum atomic E-state index is 11.8. The monoisotopic (exact) mass is 344 g/mol. The van der Waals surface area contributed by atoms with Crippen LogP contribution in [0, 0.1) is 29.1 Å². The Kier molecular flexibility index (Phi) is 4.63. The van der Waals surface area contributed by atoms with Crippen LogP contribution in [-0.4, -0.2) is 16.5 Å². The first-order valence-corrected chi connectivity index (χ1v) is 11.0. The van der Waals surface area contributed by atoms with Gasteiger partial charge in [0.25, 0.3) is 0 Å². The molecule has 0 aliphatic heterocycles. The summed E-state index contributed by atoms with van der Waals surface area (Å²) < 4.78 is 0. The van der Waals surface area contributed by atoms with Crippen LogP contribution in [0.5, 0.6) is 0 Å². The average Bonchev–Trinajstić information content (AvgIpc) is 2.93. The first kappa shape index (κ1) is 17.8. The number of aliphatic hydroxyl groups is 1. The van der Waals surface area contributed by atoms with Crippen LogP contribution in [0.3, 0.4) is 0 Å². The van der Waals surface area contributed by atoms with Gasteiger partial charge in [0, 0.05) is 11.8 Å². The summed E-state index contributed by atoms with van der Waals surface area (Å²) in [6.07, 6.45) is 15.7. The molecule has 140 valence electrons. The van der Waals surface area contributed by atoms with E-state index in [0.717, 1.165) is 49.9 Å². The topological polar surface area (TPSA) is 37.3 Å². The number of unbranched alkanes of at least 4 members (excludes halogenated alkanes) is 1. The largest absolute Gasteiger partial charge is 0.389 e. The second-order valence-electron chi connectivity index (χ2n) is 9.53. The van der Waals surface area contributed by atoms with Gasteiger partial charge in [-0.15, -0.1) is 0 Å². The molecular weight excluding hydrogens is 308 g/mol. The zero-order valence-corrected chi connectivity index (χ0v) is 16.2. The number of carbonyl (C=O) groups is 1. The van der Waals surface area contributed by atoms with Crippen LogP contribution in [0.4, 0.5) is 0 Å². The summed E-state index contributed by atoms with van der Waals surface area (Å²) in [6.45, 7) is 4.49. The van der Waals surface area contributed by atoms with Gasteiger partial charge in [-0.1, -0.05) is 32.3 Å². The van der Waals surface area contributed by atoms with Crippen LogP contribution in [0.1, 0.15) is 90.9 Å². The molecule has 3 saturated carbocycles. The molecule has 0 amide bonds. The summed E-state index contributed by atoms with van der Waals surface area (Å²) in [6, 6.07) is 0. The van der Waals surface area contributed by atoms with Gasteiger partial charge in [-0.3, -0.25) is 4.79 Å². The summed E-state index contributed by atoms with van der Waals surface area (Å²) in [7, 11) is 0. The van der Waals surface area contributed by atoms with Gasteiger partial charge in [-0.05, 0) is 87.5 Å². The van der Waals surface area contributed by atoms with Gasteiger partial charge < -0.3 is 5.11 Å². The van der Waals surface area contributed by atoms with Gasteiger partial charge in [0.15, 0.2) is 5.78 Å². The number of fused-ring (bicyclic) bond motifs is 5. The van der Waals surface area contributed by atoms with Crippen LogP contribution in [0.2, 0.25) is 0 Å².